The number of hydrogen-bond donors (Lipinski definition) is 1. The van der Waals surface area contributed by atoms with E-state index in [0.29, 0.717) is 29.4 Å². The first-order chi connectivity index (χ1) is 13.8. The minimum Gasteiger partial charge on any atom is -0.496 e. The Morgan fingerprint density at radius 2 is 1.76 bits per heavy atom. The molecule has 0 fully saturated rings. The third-order valence-electron chi connectivity index (χ3n) is 4.66. The van der Waals surface area contributed by atoms with Crippen LogP contribution in [0.1, 0.15) is 42.3 Å². The summed E-state index contributed by atoms with van der Waals surface area (Å²) in [4.78, 5) is 16.4. The van der Waals surface area contributed by atoms with E-state index in [4.69, 9.17) is 9.47 Å². The Morgan fingerprint density at radius 1 is 1.03 bits per heavy atom. The summed E-state index contributed by atoms with van der Waals surface area (Å²) < 4.78 is 11.4. The van der Waals surface area contributed by atoms with E-state index in [0.717, 1.165) is 11.1 Å². The molecule has 2 aromatic carbocycles. The quantitative estimate of drug-likeness (QED) is 0.615. The molecule has 0 saturated carbocycles. The van der Waals surface area contributed by atoms with E-state index in [-0.39, 0.29) is 11.0 Å². The van der Waals surface area contributed by atoms with Crippen molar-refractivity contribution < 1.29 is 19.4 Å². The minimum absolute atomic E-state index is 0.146. The first-order valence-electron chi connectivity index (χ1n) is 9.39. The third-order valence-corrected chi connectivity index (χ3v) is 4.66. The number of aromatic nitrogens is 1. The first-order valence-corrected chi connectivity index (χ1v) is 9.39. The summed E-state index contributed by atoms with van der Waals surface area (Å²) in [6, 6.07) is 16.8. The summed E-state index contributed by atoms with van der Waals surface area (Å²) in [5.74, 6) is -0.0882. The Balaban J connectivity index is 2.11. The van der Waals surface area contributed by atoms with Gasteiger partial charge in [-0.2, -0.15) is 0 Å². The molecule has 5 heteroatoms. The highest BCUT2D eigenvalue weighted by atomic mass is 16.5. The summed E-state index contributed by atoms with van der Waals surface area (Å²) >= 11 is 0. The second-order valence-electron chi connectivity index (χ2n) is 7.78. The van der Waals surface area contributed by atoms with Crippen LogP contribution in [0.2, 0.25) is 0 Å². The van der Waals surface area contributed by atoms with Gasteiger partial charge in [-0.05, 0) is 35.2 Å². The summed E-state index contributed by atoms with van der Waals surface area (Å²) in [6.07, 6.45) is 1.64. The number of methoxy groups -OCH3 is 1. The maximum atomic E-state index is 12.0. The van der Waals surface area contributed by atoms with Gasteiger partial charge in [-0.15, -0.1) is 0 Å². The maximum Gasteiger partial charge on any atom is 0.336 e. The smallest absolute Gasteiger partial charge is 0.336 e. The van der Waals surface area contributed by atoms with Crippen molar-refractivity contribution in [3.63, 3.8) is 0 Å². The van der Waals surface area contributed by atoms with Gasteiger partial charge in [0.05, 0.1) is 12.7 Å². The van der Waals surface area contributed by atoms with Crippen molar-refractivity contribution in [1.82, 2.24) is 4.98 Å². The molecule has 150 valence electrons. The largest absolute Gasteiger partial charge is 0.496 e. The van der Waals surface area contributed by atoms with Crippen LogP contribution in [0.4, 0.5) is 0 Å². The van der Waals surface area contributed by atoms with Crippen LogP contribution in [0.3, 0.4) is 0 Å². The molecule has 0 aliphatic heterocycles. The first kappa shape index (κ1) is 20.4. The van der Waals surface area contributed by atoms with E-state index in [1.807, 2.05) is 42.5 Å². The van der Waals surface area contributed by atoms with Gasteiger partial charge in [0.15, 0.2) is 0 Å². The van der Waals surface area contributed by atoms with E-state index in [1.54, 1.807) is 25.4 Å². The molecule has 1 aromatic heterocycles. The van der Waals surface area contributed by atoms with Gasteiger partial charge >= 0.3 is 5.97 Å². The molecule has 0 aliphatic rings. The Morgan fingerprint density at radius 3 is 2.38 bits per heavy atom. The number of pyridine rings is 1. The van der Waals surface area contributed by atoms with E-state index in [2.05, 4.69) is 25.8 Å². The molecule has 3 aromatic rings. The number of rotatable bonds is 6. The fourth-order valence-corrected chi connectivity index (χ4v) is 3.17. The van der Waals surface area contributed by atoms with Crippen molar-refractivity contribution in [3.05, 3.63) is 77.5 Å². The number of carboxylic acid groups (broad SMARTS) is 1. The lowest BCUT2D eigenvalue weighted by atomic mass is 9.83. The molecular formula is C24H25NO4. The Hall–Kier alpha value is -3.34. The van der Waals surface area contributed by atoms with Crippen LogP contribution in [0.5, 0.6) is 11.6 Å². The predicted octanol–water partition coefficient (Wildman–Crippen LogP) is 5.33. The molecule has 1 heterocycles. The monoisotopic (exact) mass is 391 g/mol. The van der Waals surface area contributed by atoms with Crippen molar-refractivity contribution in [2.24, 2.45) is 0 Å². The van der Waals surface area contributed by atoms with Crippen molar-refractivity contribution in [1.29, 1.82) is 0 Å². The van der Waals surface area contributed by atoms with Crippen LogP contribution in [0.15, 0.2) is 60.8 Å². The Bertz CT molecular complexity index is 1010. The molecule has 0 atom stereocenters. The second kappa shape index (κ2) is 8.35. The Labute approximate surface area is 171 Å². The zero-order valence-electron chi connectivity index (χ0n) is 17.1. The zero-order valence-corrected chi connectivity index (χ0v) is 17.1. The number of nitrogens with zero attached hydrogens (tertiary/aromatic N) is 1. The van der Waals surface area contributed by atoms with Crippen LogP contribution in [-0.2, 0) is 12.0 Å². The van der Waals surface area contributed by atoms with Crippen LogP contribution < -0.4 is 9.47 Å². The van der Waals surface area contributed by atoms with E-state index in [1.165, 1.54) is 0 Å². The fourth-order valence-electron chi connectivity index (χ4n) is 3.17. The average molecular weight is 391 g/mol. The zero-order chi connectivity index (χ0) is 21.0. The lowest BCUT2D eigenvalue weighted by Gasteiger charge is -2.24. The molecular weight excluding hydrogens is 366 g/mol. The van der Waals surface area contributed by atoms with Gasteiger partial charge in [0.2, 0.25) is 5.88 Å². The third kappa shape index (κ3) is 4.57. The van der Waals surface area contributed by atoms with Gasteiger partial charge in [-0.3, -0.25) is 0 Å². The maximum absolute atomic E-state index is 12.0. The predicted molar refractivity (Wildman–Crippen MR) is 113 cm³/mol. The van der Waals surface area contributed by atoms with Gasteiger partial charge in [0.1, 0.15) is 12.4 Å². The van der Waals surface area contributed by atoms with Crippen molar-refractivity contribution in [2.45, 2.75) is 32.8 Å². The number of benzene rings is 2. The summed E-state index contributed by atoms with van der Waals surface area (Å²) in [6.45, 7) is 6.52. The topological polar surface area (TPSA) is 68.7 Å². The number of carbonyl (C=O) groups is 1. The molecule has 0 unspecified atom stereocenters. The van der Waals surface area contributed by atoms with E-state index < -0.39 is 5.97 Å². The standard InChI is InChI=1S/C24H25NO4/c1-24(2,3)20-13-18(19(23(26)27)14-21(20)28-4)17-11-8-12-25-22(17)29-15-16-9-6-5-7-10-16/h5-14H,15H2,1-4H3,(H,26,27). The molecule has 0 spiro atoms. The molecule has 0 saturated heterocycles. The molecule has 3 rings (SSSR count). The number of carboxylic acids is 1. The second-order valence-corrected chi connectivity index (χ2v) is 7.78. The van der Waals surface area contributed by atoms with Crippen LogP contribution in [0.25, 0.3) is 11.1 Å². The van der Waals surface area contributed by atoms with Gasteiger partial charge in [0, 0.05) is 22.9 Å². The van der Waals surface area contributed by atoms with Gasteiger partial charge in [-0.25, -0.2) is 9.78 Å². The molecule has 0 amide bonds. The average Bonchev–Trinajstić information content (AvgIpc) is 2.71. The van der Waals surface area contributed by atoms with Crippen LogP contribution in [0, 0.1) is 0 Å². The van der Waals surface area contributed by atoms with Gasteiger partial charge in [-0.1, -0.05) is 51.1 Å². The van der Waals surface area contributed by atoms with Gasteiger partial charge < -0.3 is 14.6 Å². The lowest BCUT2D eigenvalue weighted by molar-refractivity contribution is 0.0697. The lowest BCUT2D eigenvalue weighted by Crippen LogP contribution is -2.15. The number of aromatic carboxylic acids is 1. The number of ether oxygens (including phenoxy) is 2. The highest BCUT2D eigenvalue weighted by Crippen LogP contribution is 2.39. The van der Waals surface area contributed by atoms with Crippen LogP contribution >= 0.6 is 0 Å². The minimum atomic E-state index is -1.03. The Kier molecular flexibility index (Phi) is 5.87. The van der Waals surface area contributed by atoms with Crippen molar-refractivity contribution >= 4 is 5.97 Å². The van der Waals surface area contributed by atoms with E-state index in [9.17, 15) is 9.90 Å². The van der Waals surface area contributed by atoms with Crippen molar-refractivity contribution in [2.75, 3.05) is 7.11 Å². The van der Waals surface area contributed by atoms with Crippen molar-refractivity contribution in [3.8, 4) is 22.8 Å². The van der Waals surface area contributed by atoms with E-state index >= 15 is 0 Å². The highest BCUT2D eigenvalue weighted by Gasteiger charge is 2.25. The molecule has 29 heavy (non-hydrogen) atoms. The molecule has 0 aliphatic carbocycles. The SMILES string of the molecule is COc1cc(C(=O)O)c(-c2cccnc2OCc2ccccc2)cc1C(C)(C)C. The fraction of sp³-hybridized carbons (Fsp3) is 0.250. The summed E-state index contributed by atoms with van der Waals surface area (Å²) in [5, 5.41) is 9.82. The normalized spacial score (nSPS) is 11.2. The van der Waals surface area contributed by atoms with Gasteiger partial charge in [0.25, 0.3) is 0 Å². The summed E-state index contributed by atoms with van der Waals surface area (Å²) in [5.41, 5.74) is 3.02. The molecule has 0 bridgehead atoms. The molecule has 5 nitrogen and oxygen atoms in total. The molecule has 0 radical (unpaired) electrons. The van der Waals surface area contributed by atoms with Crippen LogP contribution in [-0.4, -0.2) is 23.2 Å². The molecule has 1 N–H and O–H groups in total. The summed E-state index contributed by atoms with van der Waals surface area (Å²) in [7, 11) is 1.55. The highest BCUT2D eigenvalue weighted by molar-refractivity contribution is 5.97. The number of hydrogen-bond acceptors (Lipinski definition) is 4.